The van der Waals surface area contributed by atoms with Gasteiger partial charge >= 0.3 is 6.36 Å². The minimum absolute atomic E-state index is 0.0122. The zero-order valence-corrected chi connectivity index (χ0v) is 19.0. The van der Waals surface area contributed by atoms with E-state index < -0.39 is 6.36 Å². The molecule has 5 nitrogen and oxygen atoms in total. The maximum Gasteiger partial charge on any atom is 0.573 e. The first kappa shape index (κ1) is 22.3. The highest BCUT2D eigenvalue weighted by Gasteiger charge is 2.44. The molecule has 4 N–H and O–H groups in total. The molecule has 3 atom stereocenters. The molecule has 0 saturated heterocycles. The summed E-state index contributed by atoms with van der Waals surface area (Å²) < 4.78 is 49.2. The molecule has 3 unspecified atom stereocenters. The van der Waals surface area contributed by atoms with Gasteiger partial charge < -0.3 is 20.2 Å². The predicted molar refractivity (Wildman–Crippen MR) is 130 cm³/mol. The minimum Gasteiger partial charge on any atom is -0.459 e. The molecule has 2 aliphatic rings. The number of amidine groups is 1. The van der Waals surface area contributed by atoms with Gasteiger partial charge in [-0.05, 0) is 65.6 Å². The second-order valence-corrected chi connectivity index (χ2v) is 9.13. The van der Waals surface area contributed by atoms with E-state index in [1.54, 1.807) is 18.2 Å². The van der Waals surface area contributed by atoms with Crippen LogP contribution in [0.25, 0.3) is 11.3 Å². The summed E-state index contributed by atoms with van der Waals surface area (Å²) >= 11 is 0. The summed E-state index contributed by atoms with van der Waals surface area (Å²) in [6.07, 6.45) is -3.99. The summed E-state index contributed by atoms with van der Waals surface area (Å²) in [6, 6.07) is 23.2. The van der Waals surface area contributed by atoms with E-state index in [9.17, 15) is 13.2 Å². The molecule has 4 aromatic rings. The van der Waals surface area contributed by atoms with Crippen LogP contribution in [-0.4, -0.2) is 12.2 Å². The lowest BCUT2D eigenvalue weighted by molar-refractivity contribution is -0.274. The summed E-state index contributed by atoms with van der Waals surface area (Å²) in [5, 5.41) is 11.5. The van der Waals surface area contributed by atoms with Crippen LogP contribution in [0, 0.1) is 11.3 Å². The van der Waals surface area contributed by atoms with E-state index in [1.165, 1.54) is 23.3 Å². The molecular formula is C28H22F3N3O2. The maximum atomic E-state index is 12.9. The van der Waals surface area contributed by atoms with Crippen LogP contribution in [0.3, 0.4) is 0 Å². The SMILES string of the molecule is N=C(N)c1ccc2c(c1)C1c3ccccc3CC1C(c1ccc(-c3ccccc3OC(F)(F)F)o1)N2. The van der Waals surface area contributed by atoms with Crippen molar-refractivity contribution < 1.29 is 22.3 Å². The van der Waals surface area contributed by atoms with Crippen LogP contribution >= 0.6 is 0 Å². The van der Waals surface area contributed by atoms with Crippen LogP contribution in [-0.2, 0) is 6.42 Å². The average molecular weight is 489 g/mol. The number of rotatable bonds is 4. The van der Waals surface area contributed by atoms with Crippen molar-refractivity contribution in [1.29, 1.82) is 5.41 Å². The third-order valence-electron chi connectivity index (χ3n) is 7.02. The fourth-order valence-corrected chi connectivity index (χ4v) is 5.56. The molecule has 0 fully saturated rings. The largest absolute Gasteiger partial charge is 0.573 e. The van der Waals surface area contributed by atoms with Gasteiger partial charge in [0.05, 0.1) is 11.6 Å². The molecule has 0 amide bonds. The monoisotopic (exact) mass is 489 g/mol. The molecule has 8 heteroatoms. The van der Waals surface area contributed by atoms with Crippen LogP contribution in [0.4, 0.5) is 18.9 Å². The zero-order chi connectivity index (χ0) is 25.0. The fourth-order valence-electron chi connectivity index (χ4n) is 5.56. The average Bonchev–Trinajstić information content (AvgIpc) is 3.48. The Bertz CT molecular complexity index is 1480. The summed E-state index contributed by atoms with van der Waals surface area (Å²) in [6.45, 7) is 0. The highest BCUT2D eigenvalue weighted by atomic mass is 19.4. The Hall–Kier alpha value is -4.20. The van der Waals surface area contributed by atoms with Gasteiger partial charge in [0.15, 0.2) is 0 Å². The second kappa shape index (κ2) is 8.19. The lowest BCUT2D eigenvalue weighted by Gasteiger charge is -2.37. The Labute approximate surface area is 205 Å². The van der Waals surface area contributed by atoms with Crippen LogP contribution in [0.15, 0.2) is 83.3 Å². The van der Waals surface area contributed by atoms with E-state index in [-0.39, 0.29) is 35.0 Å². The number of hydrogen-bond donors (Lipinski definition) is 3. The van der Waals surface area contributed by atoms with Crippen LogP contribution in [0.2, 0.25) is 0 Å². The van der Waals surface area contributed by atoms with Crippen molar-refractivity contribution >= 4 is 11.5 Å². The Kier molecular flexibility index (Phi) is 5.07. The molecule has 2 heterocycles. The van der Waals surface area contributed by atoms with E-state index >= 15 is 0 Å². The summed E-state index contributed by atoms with van der Waals surface area (Å²) in [5.41, 5.74) is 11.1. The first-order chi connectivity index (χ1) is 17.3. The Morgan fingerprint density at radius 3 is 2.56 bits per heavy atom. The standard InChI is InChI=1S/C28H22F3N3O2/c29-28(30,31)36-23-8-4-3-7-18(23)22-11-12-24(35-22)26-20-13-15-5-1-2-6-17(15)25(20)19-14-16(27(32)33)9-10-21(19)34-26/h1-12,14,20,25-26,34H,13H2,(H3,32,33). The second-order valence-electron chi connectivity index (χ2n) is 9.13. The third-order valence-corrected chi connectivity index (χ3v) is 7.02. The molecule has 3 aromatic carbocycles. The molecule has 1 aromatic heterocycles. The van der Waals surface area contributed by atoms with Gasteiger partial charge in [-0.1, -0.05) is 36.4 Å². The molecule has 1 aliphatic heterocycles. The van der Waals surface area contributed by atoms with Gasteiger partial charge in [-0.15, -0.1) is 13.2 Å². The molecule has 0 radical (unpaired) electrons. The quantitative estimate of drug-likeness (QED) is 0.223. The third kappa shape index (κ3) is 3.79. The van der Waals surface area contributed by atoms with E-state index in [0.717, 1.165) is 17.7 Å². The van der Waals surface area contributed by atoms with Crippen molar-refractivity contribution in [3.05, 3.63) is 107 Å². The number of nitrogen functional groups attached to an aromatic ring is 1. The lowest BCUT2D eigenvalue weighted by atomic mass is 9.76. The van der Waals surface area contributed by atoms with E-state index in [2.05, 4.69) is 22.2 Å². The Morgan fingerprint density at radius 1 is 0.972 bits per heavy atom. The van der Waals surface area contributed by atoms with E-state index in [0.29, 0.717) is 17.1 Å². The number of para-hydroxylation sites is 1. The minimum atomic E-state index is -4.80. The fraction of sp³-hybridized carbons (Fsp3) is 0.179. The van der Waals surface area contributed by atoms with Gasteiger partial charge in [-0.2, -0.15) is 0 Å². The highest BCUT2D eigenvalue weighted by molar-refractivity contribution is 5.95. The number of alkyl halides is 3. The number of nitrogens with one attached hydrogen (secondary N) is 2. The number of benzene rings is 3. The summed E-state index contributed by atoms with van der Waals surface area (Å²) in [4.78, 5) is 0. The van der Waals surface area contributed by atoms with Crippen molar-refractivity contribution in [3.8, 4) is 17.1 Å². The smallest absolute Gasteiger partial charge is 0.459 e. The number of halogens is 3. The lowest BCUT2D eigenvalue weighted by Crippen LogP contribution is -2.30. The number of furan rings is 1. The highest BCUT2D eigenvalue weighted by Crippen LogP contribution is 2.54. The first-order valence-corrected chi connectivity index (χ1v) is 11.6. The maximum absolute atomic E-state index is 12.9. The van der Waals surface area contributed by atoms with Gasteiger partial charge in [-0.3, -0.25) is 5.41 Å². The molecule has 36 heavy (non-hydrogen) atoms. The van der Waals surface area contributed by atoms with Crippen molar-refractivity contribution in [2.24, 2.45) is 11.7 Å². The van der Waals surface area contributed by atoms with Gasteiger partial charge in [-0.25, -0.2) is 0 Å². The summed E-state index contributed by atoms with van der Waals surface area (Å²) in [5.74, 6) is 0.815. The predicted octanol–water partition coefficient (Wildman–Crippen LogP) is 6.60. The normalized spacial score (nSPS) is 20.1. The summed E-state index contributed by atoms with van der Waals surface area (Å²) in [7, 11) is 0. The van der Waals surface area contributed by atoms with Gasteiger partial charge in [0.2, 0.25) is 0 Å². The Morgan fingerprint density at radius 2 is 1.75 bits per heavy atom. The molecule has 6 rings (SSSR count). The van der Waals surface area contributed by atoms with Crippen molar-refractivity contribution in [2.45, 2.75) is 24.7 Å². The van der Waals surface area contributed by atoms with Gasteiger partial charge in [0.1, 0.15) is 23.1 Å². The van der Waals surface area contributed by atoms with E-state index in [1.807, 2.05) is 36.4 Å². The number of anilines is 1. The van der Waals surface area contributed by atoms with Crippen molar-refractivity contribution in [3.63, 3.8) is 0 Å². The molecule has 0 bridgehead atoms. The first-order valence-electron chi connectivity index (χ1n) is 11.6. The van der Waals surface area contributed by atoms with Gasteiger partial charge in [0.25, 0.3) is 0 Å². The zero-order valence-electron chi connectivity index (χ0n) is 19.0. The molecule has 1 aliphatic carbocycles. The molecule has 182 valence electrons. The van der Waals surface area contributed by atoms with Crippen LogP contribution in [0.1, 0.15) is 40.0 Å². The van der Waals surface area contributed by atoms with Crippen molar-refractivity contribution in [2.75, 3.05) is 5.32 Å². The van der Waals surface area contributed by atoms with Crippen molar-refractivity contribution in [1.82, 2.24) is 0 Å². The number of hydrogen-bond acceptors (Lipinski definition) is 4. The number of ether oxygens (including phenoxy) is 1. The van der Waals surface area contributed by atoms with Gasteiger partial charge in [0, 0.05) is 23.1 Å². The molecular weight excluding hydrogens is 467 g/mol. The molecule has 0 saturated carbocycles. The molecule has 0 spiro atoms. The van der Waals surface area contributed by atoms with E-state index in [4.69, 9.17) is 15.6 Å². The van der Waals surface area contributed by atoms with Crippen LogP contribution < -0.4 is 15.8 Å². The van der Waals surface area contributed by atoms with Crippen LogP contribution in [0.5, 0.6) is 5.75 Å². The Balaban J connectivity index is 1.41. The topological polar surface area (TPSA) is 84.3 Å². The number of fused-ring (bicyclic) bond motifs is 5. The number of nitrogens with two attached hydrogens (primary N) is 1.